The summed E-state index contributed by atoms with van der Waals surface area (Å²) in [4.78, 5) is 11.9. The first kappa shape index (κ1) is 20.1. The van der Waals surface area contributed by atoms with E-state index in [0.29, 0.717) is 13.0 Å². The van der Waals surface area contributed by atoms with Gasteiger partial charge < -0.3 is 14.3 Å². The van der Waals surface area contributed by atoms with Crippen molar-refractivity contribution in [3.63, 3.8) is 0 Å². The quantitative estimate of drug-likeness (QED) is 0.405. The summed E-state index contributed by atoms with van der Waals surface area (Å²) in [7, 11) is -1.69. The number of esters is 1. The lowest BCUT2D eigenvalue weighted by molar-refractivity contribution is -0.148. The first-order valence-electron chi connectivity index (χ1n) is 7.13. The SMILES string of the molecule is CCOC(=O)C(C)(Br)[C@@H](O)C[C@H](O[Si](C)(C)C)C(C)C. The minimum Gasteiger partial charge on any atom is -0.465 e. The standard InChI is InChI=1S/C14H29BrO4Si/c1-8-18-13(17)14(4,15)12(16)9-11(10(2)3)19-20(5,6)7/h10-12,16H,8-9H2,1-7H3/t11-,12-,14?/m0/s1. The zero-order valence-corrected chi connectivity index (χ0v) is 16.3. The molecule has 0 aromatic heterocycles. The fourth-order valence-corrected chi connectivity index (χ4v) is 3.34. The highest BCUT2D eigenvalue weighted by Crippen LogP contribution is 2.30. The number of aliphatic hydroxyl groups is 1. The third-order valence-corrected chi connectivity index (χ3v) is 4.87. The molecule has 3 atom stereocenters. The lowest BCUT2D eigenvalue weighted by atomic mass is 9.94. The van der Waals surface area contributed by atoms with Crippen molar-refractivity contribution in [3.8, 4) is 0 Å². The molecule has 1 unspecified atom stereocenters. The molecule has 0 amide bonds. The lowest BCUT2D eigenvalue weighted by Crippen LogP contribution is -2.46. The van der Waals surface area contributed by atoms with Crippen LogP contribution in [-0.4, -0.2) is 42.5 Å². The second-order valence-corrected chi connectivity index (χ2v) is 12.7. The number of alkyl halides is 1. The van der Waals surface area contributed by atoms with Gasteiger partial charge >= 0.3 is 5.97 Å². The van der Waals surface area contributed by atoms with Gasteiger partial charge in [0.2, 0.25) is 0 Å². The molecule has 0 radical (unpaired) electrons. The largest absolute Gasteiger partial charge is 0.465 e. The molecule has 0 heterocycles. The average molecular weight is 369 g/mol. The van der Waals surface area contributed by atoms with E-state index in [0.717, 1.165) is 0 Å². The Balaban J connectivity index is 4.83. The Kier molecular flexibility index (Phi) is 7.95. The van der Waals surface area contributed by atoms with Crippen LogP contribution in [0.5, 0.6) is 0 Å². The summed E-state index contributed by atoms with van der Waals surface area (Å²) in [6.45, 7) is 14.2. The van der Waals surface area contributed by atoms with Crippen molar-refractivity contribution in [1.82, 2.24) is 0 Å². The average Bonchev–Trinajstić information content (AvgIpc) is 2.26. The van der Waals surface area contributed by atoms with Crippen LogP contribution in [0.3, 0.4) is 0 Å². The number of ether oxygens (including phenoxy) is 1. The van der Waals surface area contributed by atoms with Gasteiger partial charge in [-0.3, -0.25) is 4.79 Å². The second-order valence-electron chi connectivity index (χ2n) is 6.56. The molecule has 0 aromatic carbocycles. The molecule has 0 rings (SSSR count). The first-order chi connectivity index (χ1) is 8.91. The Morgan fingerprint density at radius 2 is 1.85 bits per heavy atom. The molecule has 0 aliphatic heterocycles. The van der Waals surface area contributed by atoms with Crippen LogP contribution in [0.1, 0.15) is 34.1 Å². The molecule has 120 valence electrons. The zero-order chi connectivity index (χ0) is 16.1. The summed E-state index contributed by atoms with van der Waals surface area (Å²) in [6.07, 6.45) is -0.518. The van der Waals surface area contributed by atoms with Crippen LogP contribution in [0.25, 0.3) is 0 Å². The number of carbonyl (C=O) groups excluding carboxylic acids is 1. The van der Waals surface area contributed by atoms with Crippen LogP contribution in [0, 0.1) is 5.92 Å². The van der Waals surface area contributed by atoms with Crippen molar-refractivity contribution in [3.05, 3.63) is 0 Å². The van der Waals surface area contributed by atoms with Crippen LogP contribution in [-0.2, 0) is 14.0 Å². The highest BCUT2D eigenvalue weighted by atomic mass is 79.9. The van der Waals surface area contributed by atoms with Crippen molar-refractivity contribution < 1.29 is 19.1 Å². The van der Waals surface area contributed by atoms with Crippen molar-refractivity contribution in [1.29, 1.82) is 0 Å². The molecule has 0 saturated carbocycles. The molecule has 0 fully saturated rings. The van der Waals surface area contributed by atoms with Gasteiger partial charge in [-0.25, -0.2) is 0 Å². The van der Waals surface area contributed by atoms with E-state index in [1.54, 1.807) is 13.8 Å². The molecular weight excluding hydrogens is 340 g/mol. The van der Waals surface area contributed by atoms with Crippen molar-refractivity contribution in [2.75, 3.05) is 6.61 Å². The van der Waals surface area contributed by atoms with Crippen molar-refractivity contribution in [2.24, 2.45) is 5.92 Å². The van der Waals surface area contributed by atoms with Gasteiger partial charge in [-0.2, -0.15) is 0 Å². The highest BCUT2D eigenvalue weighted by Gasteiger charge is 2.41. The zero-order valence-electron chi connectivity index (χ0n) is 13.7. The summed E-state index contributed by atoms with van der Waals surface area (Å²) < 4.78 is 10.0. The summed E-state index contributed by atoms with van der Waals surface area (Å²) in [5.41, 5.74) is 0. The van der Waals surface area contributed by atoms with Gasteiger partial charge in [-0.1, -0.05) is 29.8 Å². The summed E-state index contributed by atoms with van der Waals surface area (Å²) in [5, 5.41) is 10.4. The van der Waals surface area contributed by atoms with Gasteiger partial charge in [0.15, 0.2) is 8.32 Å². The first-order valence-corrected chi connectivity index (χ1v) is 11.3. The van der Waals surface area contributed by atoms with E-state index in [9.17, 15) is 9.90 Å². The van der Waals surface area contributed by atoms with Gasteiger partial charge in [0.05, 0.1) is 12.7 Å². The molecule has 1 N–H and O–H groups in total. The molecule has 20 heavy (non-hydrogen) atoms. The molecule has 0 spiro atoms. The number of hydrogen-bond acceptors (Lipinski definition) is 4. The Hall–Kier alpha value is 0.0869. The van der Waals surface area contributed by atoms with E-state index in [-0.39, 0.29) is 12.0 Å². The van der Waals surface area contributed by atoms with Gasteiger partial charge in [0, 0.05) is 12.5 Å². The summed E-state index contributed by atoms with van der Waals surface area (Å²) in [6, 6.07) is 0. The minimum atomic E-state index is -1.69. The Morgan fingerprint density at radius 1 is 1.35 bits per heavy atom. The summed E-state index contributed by atoms with van der Waals surface area (Å²) in [5.74, 6) is -0.162. The monoisotopic (exact) mass is 368 g/mol. The number of hydrogen-bond donors (Lipinski definition) is 1. The van der Waals surface area contributed by atoms with Gasteiger partial charge in [0.25, 0.3) is 0 Å². The van der Waals surface area contributed by atoms with E-state index in [1.165, 1.54) is 0 Å². The smallest absolute Gasteiger partial charge is 0.325 e. The fraction of sp³-hybridized carbons (Fsp3) is 0.929. The number of halogens is 1. The summed E-state index contributed by atoms with van der Waals surface area (Å²) >= 11 is 3.30. The predicted molar refractivity (Wildman–Crippen MR) is 87.6 cm³/mol. The van der Waals surface area contributed by atoms with E-state index >= 15 is 0 Å². The molecule has 0 aliphatic carbocycles. The molecule has 6 heteroatoms. The second kappa shape index (κ2) is 7.92. The number of carbonyl (C=O) groups is 1. The Labute approximate surface area is 132 Å². The van der Waals surface area contributed by atoms with E-state index in [1.807, 2.05) is 0 Å². The Bertz CT molecular complexity index is 313. The van der Waals surface area contributed by atoms with Crippen LogP contribution < -0.4 is 0 Å². The normalized spacial score (nSPS) is 18.5. The maximum absolute atomic E-state index is 11.9. The lowest BCUT2D eigenvalue weighted by Gasteiger charge is -2.34. The third kappa shape index (κ3) is 6.69. The highest BCUT2D eigenvalue weighted by molar-refractivity contribution is 9.10. The van der Waals surface area contributed by atoms with Crippen LogP contribution in [0.2, 0.25) is 19.6 Å². The molecular formula is C14H29BrO4Si. The molecule has 0 aliphatic rings. The van der Waals surface area contributed by atoms with E-state index in [4.69, 9.17) is 9.16 Å². The van der Waals surface area contributed by atoms with Gasteiger partial charge in [-0.15, -0.1) is 0 Å². The third-order valence-electron chi connectivity index (χ3n) is 3.00. The van der Waals surface area contributed by atoms with Crippen molar-refractivity contribution >= 4 is 30.2 Å². The van der Waals surface area contributed by atoms with Crippen LogP contribution >= 0.6 is 15.9 Å². The van der Waals surface area contributed by atoms with Crippen LogP contribution in [0.15, 0.2) is 0 Å². The number of aliphatic hydroxyl groups excluding tert-OH is 1. The fourth-order valence-electron chi connectivity index (χ4n) is 1.76. The van der Waals surface area contributed by atoms with Gasteiger partial charge in [0.1, 0.15) is 4.32 Å². The van der Waals surface area contributed by atoms with E-state index in [2.05, 4.69) is 49.4 Å². The Morgan fingerprint density at radius 3 is 2.20 bits per heavy atom. The molecule has 0 aromatic rings. The maximum atomic E-state index is 11.9. The topological polar surface area (TPSA) is 55.8 Å². The number of rotatable bonds is 8. The molecule has 4 nitrogen and oxygen atoms in total. The van der Waals surface area contributed by atoms with Crippen LogP contribution in [0.4, 0.5) is 0 Å². The predicted octanol–water partition coefficient (Wildman–Crippen LogP) is 3.33. The van der Waals surface area contributed by atoms with Crippen molar-refractivity contribution in [2.45, 2.75) is 70.3 Å². The van der Waals surface area contributed by atoms with Gasteiger partial charge in [-0.05, 0) is 39.4 Å². The molecule has 0 saturated heterocycles. The van der Waals surface area contributed by atoms with E-state index < -0.39 is 24.7 Å². The molecule has 0 bridgehead atoms. The maximum Gasteiger partial charge on any atom is 0.325 e. The minimum absolute atomic E-state index is 0.0667.